The summed E-state index contributed by atoms with van der Waals surface area (Å²) < 4.78 is 21.3. The molecule has 1 aromatic carbocycles. The summed E-state index contributed by atoms with van der Waals surface area (Å²) in [6, 6.07) is 9.25. The van der Waals surface area contributed by atoms with Crippen LogP contribution in [0.3, 0.4) is 0 Å². The molecule has 1 fully saturated rings. The van der Waals surface area contributed by atoms with Crippen LogP contribution in [0.25, 0.3) is 0 Å². The molecule has 8 heteroatoms. The van der Waals surface area contributed by atoms with Crippen molar-refractivity contribution in [3.63, 3.8) is 0 Å². The Bertz CT molecular complexity index is 605. The summed E-state index contributed by atoms with van der Waals surface area (Å²) in [5.74, 6) is -1.09. The van der Waals surface area contributed by atoms with E-state index in [1.165, 1.54) is 6.92 Å². The average molecular weight is 382 g/mol. The number of esters is 2. The van der Waals surface area contributed by atoms with Crippen molar-refractivity contribution in [3.8, 4) is 0 Å². The highest BCUT2D eigenvalue weighted by molar-refractivity contribution is 5.69. The Morgan fingerprint density at radius 1 is 1.15 bits per heavy atom. The topological polar surface area (TPSA) is 112 Å². The van der Waals surface area contributed by atoms with Gasteiger partial charge in [-0.3, -0.25) is 9.59 Å². The molecule has 150 valence electrons. The van der Waals surface area contributed by atoms with Crippen LogP contribution < -0.4 is 0 Å². The molecule has 0 amide bonds. The molecule has 0 saturated carbocycles. The minimum absolute atomic E-state index is 0.147. The lowest BCUT2D eigenvalue weighted by molar-refractivity contribution is -0.306. The zero-order valence-corrected chi connectivity index (χ0v) is 15.4. The second-order valence-corrected chi connectivity index (χ2v) is 6.33. The number of hydrogen-bond acceptors (Lipinski definition) is 8. The van der Waals surface area contributed by atoms with Gasteiger partial charge in [0, 0.05) is 13.3 Å². The predicted octanol–water partition coefficient (Wildman–Crippen LogP) is 0.925. The van der Waals surface area contributed by atoms with Crippen LogP contribution in [0.1, 0.15) is 32.3 Å². The maximum atomic E-state index is 11.8. The summed E-state index contributed by atoms with van der Waals surface area (Å²) in [4.78, 5) is 22.9. The third kappa shape index (κ3) is 6.28. The van der Waals surface area contributed by atoms with Gasteiger partial charge in [0.15, 0.2) is 12.4 Å². The standard InChI is InChI=1S/C19H26O8/c1-3-7-15(21)27-18-16(22)14(11-24-12(2)20)26-19(17(18)23)25-10-13-8-5-4-6-9-13/h4-6,8-9,14,16-19,22-23H,3,7,10-11H2,1-2H3/t14-,16-,17-,18+,19+/m1/s1. The van der Waals surface area contributed by atoms with Crippen LogP contribution >= 0.6 is 0 Å². The lowest BCUT2D eigenvalue weighted by atomic mass is 9.99. The number of aliphatic hydroxyl groups excluding tert-OH is 2. The van der Waals surface area contributed by atoms with Crippen molar-refractivity contribution < 1.29 is 38.7 Å². The van der Waals surface area contributed by atoms with E-state index in [-0.39, 0.29) is 19.6 Å². The van der Waals surface area contributed by atoms with E-state index in [1.54, 1.807) is 0 Å². The first kappa shape index (κ1) is 21.3. The number of benzene rings is 1. The zero-order chi connectivity index (χ0) is 19.8. The molecule has 1 saturated heterocycles. The molecule has 2 rings (SSSR count). The molecule has 0 spiro atoms. The number of ether oxygens (including phenoxy) is 4. The monoisotopic (exact) mass is 382 g/mol. The van der Waals surface area contributed by atoms with Gasteiger partial charge in [-0.15, -0.1) is 0 Å². The molecule has 0 bridgehead atoms. The highest BCUT2D eigenvalue weighted by Crippen LogP contribution is 2.26. The van der Waals surface area contributed by atoms with Gasteiger partial charge < -0.3 is 29.2 Å². The first-order valence-corrected chi connectivity index (χ1v) is 8.92. The van der Waals surface area contributed by atoms with Crippen molar-refractivity contribution in [1.29, 1.82) is 0 Å². The molecule has 27 heavy (non-hydrogen) atoms. The van der Waals surface area contributed by atoms with E-state index in [0.717, 1.165) is 5.56 Å². The van der Waals surface area contributed by atoms with Crippen molar-refractivity contribution in [2.24, 2.45) is 0 Å². The van der Waals surface area contributed by atoms with E-state index in [1.807, 2.05) is 37.3 Å². The SMILES string of the molecule is CCCC(=O)O[C@@H]1[C@@H](O)[C@@H](OCc2ccccc2)O[C@H](COC(C)=O)[C@H]1O. The lowest BCUT2D eigenvalue weighted by Crippen LogP contribution is -2.60. The molecule has 0 aliphatic carbocycles. The number of carbonyl (C=O) groups excluding carboxylic acids is 2. The highest BCUT2D eigenvalue weighted by atomic mass is 16.7. The summed E-state index contributed by atoms with van der Waals surface area (Å²) in [6.07, 6.45) is -5.44. The summed E-state index contributed by atoms with van der Waals surface area (Å²) in [5, 5.41) is 20.9. The van der Waals surface area contributed by atoms with Crippen LogP contribution in [-0.4, -0.2) is 59.5 Å². The number of hydrogen-bond donors (Lipinski definition) is 2. The van der Waals surface area contributed by atoms with E-state index < -0.39 is 42.6 Å². The van der Waals surface area contributed by atoms with Crippen molar-refractivity contribution in [1.82, 2.24) is 0 Å². The number of carbonyl (C=O) groups is 2. The van der Waals surface area contributed by atoms with E-state index in [0.29, 0.717) is 6.42 Å². The van der Waals surface area contributed by atoms with Crippen LogP contribution in [0.15, 0.2) is 30.3 Å². The molecule has 5 atom stereocenters. The Labute approximate surface area is 158 Å². The zero-order valence-electron chi connectivity index (χ0n) is 15.4. The molecule has 1 aliphatic heterocycles. The fraction of sp³-hybridized carbons (Fsp3) is 0.579. The smallest absolute Gasteiger partial charge is 0.306 e. The summed E-state index contributed by atoms with van der Waals surface area (Å²) in [6.45, 7) is 2.93. The number of rotatable bonds is 8. The van der Waals surface area contributed by atoms with Gasteiger partial charge in [-0.05, 0) is 12.0 Å². The Morgan fingerprint density at radius 2 is 1.85 bits per heavy atom. The van der Waals surface area contributed by atoms with Gasteiger partial charge in [-0.25, -0.2) is 0 Å². The summed E-state index contributed by atoms with van der Waals surface area (Å²) in [5.41, 5.74) is 0.857. The lowest BCUT2D eigenvalue weighted by Gasteiger charge is -2.41. The van der Waals surface area contributed by atoms with Crippen molar-refractivity contribution in [2.75, 3.05) is 6.61 Å². The molecular weight excluding hydrogens is 356 g/mol. The fourth-order valence-electron chi connectivity index (χ4n) is 2.68. The number of aliphatic hydroxyl groups is 2. The van der Waals surface area contributed by atoms with Crippen LogP contribution in [-0.2, 0) is 35.1 Å². The van der Waals surface area contributed by atoms with Gasteiger partial charge in [0.05, 0.1) is 6.61 Å². The predicted molar refractivity (Wildman–Crippen MR) is 93.3 cm³/mol. The van der Waals surface area contributed by atoms with Gasteiger partial charge in [0.2, 0.25) is 0 Å². The van der Waals surface area contributed by atoms with Crippen LogP contribution in [0.4, 0.5) is 0 Å². The first-order chi connectivity index (χ1) is 12.9. The maximum absolute atomic E-state index is 11.8. The molecule has 0 radical (unpaired) electrons. The Hall–Kier alpha value is -2.00. The van der Waals surface area contributed by atoms with Crippen LogP contribution in [0.2, 0.25) is 0 Å². The molecule has 1 aromatic rings. The Kier molecular flexibility index (Phi) is 8.18. The van der Waals surface area contributed by atoms with Gasteiger partial charge >= 0.3 is 11.9 Å². The first-order valence-electron chi connectivity index (χ1n) is 8.92. The van der Waals surface area contributed by atoms with E-state index in [4.69, 9.17) is 18.9 Å². The fourth-order valence-corrected chi connectivity index (χ4v) is 2.68. The largest absolute Gasteiger partial charge is 0.463 e. The van der Waals surface area contributed by atoms with Gasteiger partial charge in [-0.1, -0.05) is 37.3 Å². The Morgan fingerprint density at radius 3 is 2.48 bits per heavy atom. The Balaban J connectivity index is 2.08. The van der Waals surface area contributed by atoms with Crippen molar-refractivity contribution >= 4 is 11.9 Å². The average Bonchev–Trinajstić information content (AvgIpc) is 2.64. The van der Waals surface area contributed by atoms with E-state index in [9.17, 15) is 19.8 Å². The minimum atomic E-state index is -1.39. The van der Waals surface area contributed by atoms with Crippen molar-refractivity contribution in [3.05, 3.63) is 35.9 Å². The molecular formula is C19H26O8. The van der Waals surface area contributed by atoms with Gasteiger partial charge in [0.25, 0.3) is 0 Å². The van der Waals surface area contributed by atoms with E-state index in [2.05, 4.69) is 0 Å². The molecule has 2 N–H and O–H groups in total. The third-order valence-electron chi connectivity index (χ3n) is 4.07. The van der Waals surface area contributed by atoms with Crippen LogP contribution in [0.5, 0.6) is 0 Å². The molecule has 1 heterocycles. The third-order valence-corrected chi connectivity index (χ3v) is 4.07. The molecule has 0 aromatic heterocycles. The quantitative estimate of drug-likeness (QED) is 0.639. The maximum Gasteiger partial charge on any atom is 0.306 e. The second kappa shape index (κ2) is 10.4. The molecule has 8 nitrogen and oxygen atoms in total. The normalized spacial score (nSPS) is 27.8. The highest BCUT2D eigenvalue weighted by Gasteiger charge is 2.47. The van der Waals surface area contributed by atoms with Crippen molar-refractivity contribution in [2.45, 2.75) is 64.0 Å². The van der Waals surface area contributed by atoms with Gasteiger partial charge in [-0.2, -0.15) is 0 Å². The molecule has 1 aliphatic rings. The van der Waals surface area contributed by atoms with E-state index >= 15 is 0 Å². The van der Waals surface area contributed by atoms with Crippen LogP contribution in [0, 0.1) is 0 Å². The second-order valence-electron chi connectivity index (χ2n) is 6.33. The summed E-state index contributed by atoms with van der Waals surface area (Å²) in [7, 11) is 0. The minimum Gasteiger partial charge on any atom is -0.463 e. The molecule has 0 unspecified atom stereocenters. The summed E-state index contributed by atoms with van der Waals surface area (Å²) >= 11 is 0. The van der Waals surface area contributed by atoms with Gasteiger partial charge in [0.1, 0.15) is 24.9 Å².